The van der Waals surface area contributed by atoms with Crippen LogP contribution in [0.4, 0.5) is 0 Å². The normalized spacial score (nSPS) is 12.7. The summed E-state index contributed by atoms with van der Waals surface area (Å²) in [4.78, 5) is 0. The summed E-state index contributed by atoms with van der Waals surface area (Å²) < 4.78 is 12.6. The Labute approximate surface area is 196 Å². The van der Waals surface area contributed by atoms with Crippen LogP contribution in [-0.2, 0) is 23.1 Å². The molecule has 0 saturated heterocycles. The van der Waals surface area contributed by atoms with Crippen molar-refractivity contribution in [2.24, 2.45) is 17.6 Å². The fraction of sp³-hybridized carbons (Fsp3) is 0.556. The Morgan fingerprint density at radius 1 is 0.871 bits per heavy atom. The minimum Gasteiger partial charge on any atom is -0.457 e. The highest BCUT2D eigenvalue weighted by Gasteiger charge is 2.26. The Kier molecular flexibility index (Phi) is 10.5. The third-order valence-corrected chi connectivity index (χ3v) is 5.27. The van der Waals surface area contributed by atoms with Gasteiger partial charge in [-0.15, -0.1) is 12.4 Å². The largest absolute Gasteiger partial charge is 0.457 e. The molecule has 2 aromatic carbocycles. The van der Waals surface area contributed by atoms with Crippen molar-refractivity contribution < 1.29 is 9.47 Å². The van der Waals surface area contributed by atoms with E-state index in [0.717, 1.165) is 35.5 Å². The van der Waals surface area contributed by atoms with Crippen molar-refractivity contribution in [3.63, 3.8) is 0 Å². The standard InChI is InChI=1S/C27H41NO2.ClH/c1-9-29-20(6)26-23(27(7,8)28)13-11-15-25(26)30-24-14-10-12-21(16-18(2)3)22(24)17-19(4)5;/h10-15,18-20H,9,16-17,28H2,1-8H3;1H. The second kappa shape index (κ2) is 11.9. The minimum absolute atomic E-state index is 0. The number of halogens is 1. The van der Waals surface area contributed by atoms with Gasteiger partial charge in [-0.2, -0.15) is 0 Å². The summed E-state index contributed by atoms with van der Waals surface area (Å²) in [6, 6.07) is 12.6. The molecule has 0 bridgehead atoms. The van der Waals surface area contributed by atoms with Crippen molar-refractivity contribution in [3.8, 4) is 11.5 Å². The monoisotopic (exact) mass is 447 g/mol. The van der Waals surface area contributed by atoms with Crippen LogP contribution in [0.25, 0.3) is 0 Å². The average Bonchev–Trinajstić information content (AvgIpc) is 2.63. The molecule has 0 amide bonds. The molecule has 1 unspecified atom stereocenters. The summed E-state index contributed by atoms with van der Waals surface area (Å²) in [7, 11) is 0. The van der Waals surface area contributed by atoms with E-state index in [1.807, 2.05) is 32.9 Å². The smallest absolute Gasteiger partial charge is 0.133 e. The summed E-state index contributed by atoms with van der Waals surface area (Å²) in [5.74, 6) is 2.93. The maximum absolute atomic E-state index is 6.63. The summed E-state index contributed by atoms with van der Waals surface area (Å²) in [6.45, 7) is 17.8. The van der Waals surface area contributed by atoms with Crippen LogP contribution in [0.5, 0.6) is 11.5 Å². The van der Waals surface area contributed by atoms with E-state index in [1.165, 1.54) is 11.1 Å². The maximum Gasteiger partial charge on any atom is 0.133 e. The average molecular weight is 448 g/mol. The molecule has 3 nitrogen and oxygen atoms in total. The molecule has 174 valence electrons. The van der Waals surface area contributed by atoms with Gasteiger partial charge >= 0.3 is 0 Å². The quantitative estimate of drug-likeness (QED) is 0.408. The van der Waals surface area contributed by atoms with Gasteiger partial charge in [0, 0.05) is 17.7 Å². The molecular weight excluding hydrogens is 406 g/mol. The molecule has 4 heteroatoms. The summed E-state index contributed by atoms with van der Waals surface area (Å²) in [5.41, 5.74) is 10.8. The van der Waals surface area contributed by atoms with Crippen molar-refractivity contribution >= 4 is 12.4 Å². The molecule has 0 aliphatic carbocycles. The molecule has 0 saturated carbocycles. The van der Waals surface area contributed by atoms with Crippen molar-refractivity contribution in [1.29, 1.82) is 0 Å². The molecule has 1 atom stereocenters. The van der Waals surface area contributed by atoms with E-state index in [-0.39, 0.29) is 18.5 Å². The van der Waals surface area contributed by atoms with E-state index in [0.29, 0.717) is 18.4 Å². The van der Waals surface area contributed by atoms with Crippen LogP contribution < -0.4 is 10.5 Å². The maximum atomic E-state index is 6.63. The molecule has 2 aromatic rings. The first kappa shape index (κ1) is 27.5. The van der Waals surface area contributed by atoms with Crippen LogP contribution in [0, 0.1) is 11.8 Å². The molecule has 2 N–H and O–H groups in total. The number of hydrogen-bond acceptors (Lipinski definition) is 3. The van der Waals surface area contributed by atoms with Gasteiger partial charge < -0.3 is 15.2 Å². The van der Waals surface area contributed by atoms with Gasteiger partial charge in [0.1, 0.15) is 11.5 Å². The van der Waals surface area contributed by atoms with Crippen LogP contribution in [-0.4, -0.2) is 6.61 Å². The number of rotatable bonds is 10. The first-order chi connectivity index (χ1) is 14.0. The SMILES string of the molecule is CCOC(C)c1c(Oc2cccc(CC(C)C)c2CC(C)C)cccc1C(C)(C)N.Cl. The summed E-state index contributed by atoms with van der Waals surface area (Å²) >= 11 is 0. The molecule has 0 aromatic heterocycles. The first-order valence-corrected chi connectivity index (χ1v) is 11.4. The van der Waals surface area contributed by atoms with Gasteiger partial charge in [-0.3, -0.25) is 0 Å². The predicted octanol–water partition coefficient (Wildman–Crippen LogP) is 7.59. The van der Waals surface area contributed by atoms with Crippen LogP contribution in [0.2, 0.25) is 0 Å². The molecule has 2 rings (SSSR count). The minimum atomic E-state index is -0.486. The van der Waals surface area contributed by atoms with E-state index < -0.39 is 5.54 Å². The van der Waals surface area contributed by atoms with Gasteiger partial charge in [-0.05, 0) is 81.2 Å². The lowest BCUT2D eigenvalue weighted by Crippen LogP contribution is -2.30. The molecule has 0 aliphatic rings. The topological polar surface area (TPSA) is 44.5 Å². The molecule has 0 fully saturated rings. The number of hydrogen-bond donors (Lipinski definition) is 1. The zero-order valence-electron chi connectivity index (χ0n) is 20.6. The van der Waals surface area contributed by atoms with Gasteiger partial charge in [0.25, 0.3) is 0 Å². The van der Waals surface area contributed by atoms with Crippen LogP contribution >= 0.6 is 12.4 Å². The number of nitrogens with two attached hydrogens (primary N) is 1. The lowest BCUT2D eigenvalue weighted by atomic mass is 9.88. The van der Waals surface area contributed by atoms with Crippen LogP contribution in [0.15, 0.2) is 36.4 Å². The molecule has 31 heavy (non-hydrogen) atoms. The van der Waals surface area contributed by atoms with Gasteiger partial charge in [0.2, 0.25) is 0 Å². The Bertz CT molecular complexity index is 824. The molecule has 0 aliphatic heterocycles. The van der Waals surface area contributed by atoms with Crippen molar-refractivity contribution in [2.45, 2.75) is 79.9 Å². The molecular formula is C27H42ClNO2. The number of benzene rings is 2. The van der Waals surface area contributed by atoms with Gasteiger partial charge in [0.05, 0.1) is 6.10 Å². The highest BCUT2D eigenvalue weighted by Crippen LogP contribution is 2.39. The van der Waals surface area contributed by atoms with Gasteiger partial charge in [-0.25, -0.2) is 0 Å². The van der Waals surface area contributed by atoms with Crippen molar-refractivity contribution in [2.75, 3.05) is 6.61 Å². The first-order valence-electron chi connectivity index (χ1n) is 11.4. The predicted molar refractivity (Wildman–Crippen MR) is 135 cm³/mol. The summed E-state index contributed by atoms with van der Waals surface area (Å²) in [6.07, 6.45) is 1.95. The van der Waals surface area contributed by atoms with Crippen LogP contribution in [0.1, 0.15) is 83.7 Å². The zero-order chi connectivity index (χ0) is 22.5. The lowest BCUT2D eigenvalue weighted by molar-refractivity contribution is 0.0734. The fourth-order valence-corrected chi connectivity index (χ4v) is 4.04. The second-order valence-corrected chi connectivity index (χ2v) is 9.73. The Morgan fingerprint density at radius 3 is 2.00 bits per heavy atom. The Morgan fingerprint density at radius 2 is 1.45 bits per heavy atom. The third kappa shape index (κ3) is 7.52. The van der Waals surface area contributed by atoms with Gasteiger partial charge in [0.15, 0.2) is 0 Å². The van der Waals surface area contributed by atoms with E-state index >= 15 is 0 Å². The zero-order valence-corrected chi connectivity index (χ0v) is 21.4. The van der Waals surface area contributed by atoms with E-state index in [1.54, 1.807) is 0 Å². The molecule has 0 heterocycles. The van der Waals surface area contributed by atoms with Crippen LogP contribution in [0.3, 0.4) is 0 Å². The molecule has 0 radical (unpaired) electrons. The van der Waals surface area contributed by atoms with E-state index in [4.69, 9.17) is 15.2 Å². The van der Waals surface area contributed by atoms with Crippen molar-refractivity contribution in [3.05, 3.63) is 58.7 Å². The number of ether oxygens (including phenoxy) is 2. The Hall–Kier alpha value is -1.55. The lowest BCUT2D eigenvalue weighted by Gasteiger charge is -2.28. The van der Waals surface area contributed by atoms with E-state index in [2.05, 4.69) is 58.9 Å². The highest BCUT2D eigenvalue weighted by atomic mass is 35.5. The third-order valence-electron chi connectivity index (χ3n) is 5.27. The summed E-state index contributed by atoms with van der Waals surface area (Å²) in [5, 5.41) is 0. The Balaban J connectivity index is 0.00000480. The van der Waals surface area contributed by atoms with Gasteiger partial charge in [-0.1, -0.05) is 52.0 Å². The fourth-order valence-electron chi connectivity index (χ4n) is 4.04. The second-order valence-electron chi connectivity index (χ2n) is 9.73. The van der Waals surface area contributed by atoms with E-state index in [9.17, 15) is 0 Å². The molecule has 0 spiro atoms. The highest BCUT2D eigenvalue weighted by molar-refractivity contribution is 5.85. The van der Waals surface area contributed by atoms with Crippen molar-refractivity contribution in [1.82, 2.24) is 0 Å².